The molecular formula is C10H15N3O3S. The summed E-state index contributed by atoms with van der Waals surface area (Å²) in [4.78, 5) is 22.6. The third-order valence-corrected chi connectivity index (χ3v) is 2.64. The fourth-order valence-corrected chi connectivity index (χ4v) is 1.61. The predicted octanol–water partition coefficient (Wildman–Crippen LogP) is -0.626. The van der Waals surface area contributed by atoms with Gasteiger partial charge in [0.2, 0.25) is 5.91 Å². The summed E-state index contributed by atoms with van der Waals surface area (Å²) in [6, 6.07) is -1.55. The van der Waals surface area contributed by atoms with Gasteiger partial charge >= 0.3 is 5.97 Å². The zero-order chi connectivity index (χ0) is 12.8. The van der Waals surface area contributed by atoms with Crippen molar-refractivity contribution in [3.63, 3.8) is 0 Å². The summed E-state index contributed by atoms with van der Waals surface area (Å²) in [5.41, 5.74) is 2.82. The minimum atomic E-state index is -1.10. The van der Waals surface area contributed by atoms with Crippen molar-refractivity contribution in [1.29, 1.82) is 0 Å². The van der Waals surface area contributed by atoms with E-state index in [1.165, 1.54) is 0 Å². The number of aliphatic carboxylic acids is 1. The Balaban J connectivity index is 2.66. The molecule has 0 aromatic heterocycles. The number of allylic oxidation sites excluding steroid dienone is 2. The number of carbonyl (C=O) groups excluding carboxylic acids is 1. The maximum atomic E-state index is 11.9. The first-order chi connectivity index (χ1) is 8.10. The molecule has 0 radical (unpaired) electrons. The number of hydrazine groups is 1. The van der Waals surface area contributed by atoms with Crippen LogP contribution in [0.15, 0.2) is 24.4 Å². The van der Waals surface area contributed by atoms with Crippen LogP contribution in [-0.4, -0.2) is 46.9 Å². The van der Waals surface area contributed by atoms with Gasteiger partial charge in [-0.3, -0.25) is 9.80 Å². The molecule has 0 saturated heterocycles. The highest BCUT2D eigenvalue weighted by Crippen LogP contribution is 2.06. The first-order valence-corrected chi connectivity index (χ1v) is 5.68. The van der Waals surface area contributed by atoms with Crippen molar-refractivity contribution in [3.05, 3.63) is 24.4 Å². The van der Waals surface area contributed by atoms with Crippen LogP contribution in [0.25, 0.3) is 0 Å². The number of thiol groups is 1. The second kappa shape index (κ2) is 6.31. The van der Waals surface area contributed by atoms with Crippen molar-refractivity contribution in [2.45, 2.75) is 12.1 Å². The molecule has 2 atom stereocenters. The molecule has 0 saturated carbocycles. The minimum Gasteiger partial charge on any atom is -0.480 e. The molecule has 0 spiro atoms. The zero-order valence-corrected chi connectivity index (χ0v) is 10.2. The molecule has 1 amide bonds. The Morgan fingerprint density at radius 1 is 1.53 bits per heavy atom. The lowest BCUT2D eigenvalue weighted by Crippen LogP contribution is -2.53. The number of amides is 1. The van der Waals surface area contributed by atoms with Crippen LogP contribution in [0.3, 0.4) is 0 Å². The SMILES string of the molecule is CNN1C=CC=CC1C(=O)N[C@@H](CS)C(=O)O. The second-order valence-corrected chi connectivity index (χ2v) is 3.75. The predicted molar refractivity (Wildman–Crippen MR) is 66.4 cm³/mol. The normalized spacial score (nSPS) is 20.1. The lowest BCUT2D eigenvalue weighted by molar-refractivity contribution is -0.141. The van der Waals surface area contributed by atoms with E-state index < -0.39 is 18.1 Å². The van der Waals surface area contributed by atoms with Crippen molar-refractivity contribution < 1.29 is 14.7 Å². The number of carboxylic acids is 1. The fraction of sp³-hybridized carbons (Fsp3) is 0.400. The van der Waals surface area contributed by atoms with Crippen molar-refractivity contribution >= 4 is 24.5 Å². The molecule has 1 heterocycles. The Hall–Kier alpha value is -1.47. The quantitative estimate of drug-likeness (QED) is 0.493. The van der Waals surface area contributed by atoms with Crippen molar-refractivity contribution in [3.8, 4) is 0 Å². The maximum Gasteiger partial charge on any atom is 0.327 e. The van der Waals surface area contributed by atoms with Gasteiger partial charge in [-0.1, -0.05) is 12.2 Å². The van der Waals surface area contributed by atoms with Crippen LogP contribution in [-0.2, 0) is 9.59 Å². The van der Waals surface area contributed by atoms with E-state index in [4.69, 9.17) is 5.11 Å². The van der Waals surface area contributed by atoms with E-state index in [0.29, 0.717) is 0 Å². The summed E-state index contributed by atoms with van der Waals surface area (Å²) in [7, 11) is 1.68. The van der Waals surface area contributed by atoms with Crippen molar-refractivity contribution in [2.75, 3.05) is 12.8 Å². The fourth-order valence-electron chi connectivity index (χ4n) is 1.37. The molecule has 1 aliphatic rings. The van der Waals surface area contributed by atoms with E-state index in [1.54, 1.807) is 36.5 Å². The Bertz CT molecular complexity index is 357. The molecule has 0 bridgehead atoms. The van der Waals surface area contributed by atoms with Crippen LogP contribution in [0.2, 0.25) is 0 Å². The number of hydrogen-bond acceptors (Lipinski definition) is 5. The van der Waals surface area contributed by atoms with Gasteiger partial charge in [0.05, 0.1) is 0 Å². The van der Waals surface area contributed by atoms with E-state index >= 15 is 0 Å². The summed E-state index contributed by atoms with van der Waals surface area (Å²) in [5.74, 6) is -1.44. The van der Waals surface area contributed by atoms with Crippen LogP contribution in [0.1, 0.15) is 0 Å². The lowest BCUT2D eigenvalue weighted by atomic mass is 10.2. The first-order valence-electron chi connectivity index (χ1n) is 5.05. The smallest absolute Gasteiger partial charge is 0.327 e. The Morgan fingerprint density at radius 2 is 2.24 bits per heavy atom. The molecule has 3 N–H and O–H groups in total. The molecule has 0 aromatic carbocycles. The molecule has 0 aromatic rings. The van der Waals surface area contributed by atoms with Gasteiger partial charge in [0.1, 0.15) is 12.1 Å². The molecule has 1 unspecified atom stereocenters. The van der Waals surface area contributed by atoms with Crippen LogP contribution >= 0.6 is 12.6 Å². The highest BCUT2D eigenvalue weighted by atomic mass is 32.1. The Kier molecular flexibility index (Phi) is 5.05. The standard InChI is InChI=1S/C10H15N3O3S/c1-11-13-5-3-2-4-8(13)9(14)12-7(6-17)10(15)16/h2-5,7-8,11,17H,6H2,1H3,(H,12,14)(H,15,16)/t7-,8?/m0/s1. The maximum absolute atomic E-state index is 11.9. The molecule has 1 aliphatic heterocycles. The molecule has 7 heteroatoms. The van der Waals surface area contributed by atoms with Gasteiger partial charge in [0, 0.05) is 19.0 Å². The number of hydrogen-bond donors (Lipinski definition) is 4. The van der Waals surface area contributed by atoms with Gasteiger partial charge < -0.3 is 10.4 Å². The number of carboxylic acid groups (broad SMARTS) is 1. The highest BCUT2D eigenvalue weighted by Gasteiger charge is 2.26. The topological polar surface area (TPSA) is 81.7 Å². The van der Waals surface area contributed by atoms with Crippen molar-refractivity contribution in [1.82, 2.24) is 15.8 Å². The Labute approximate surface area is 105 Å². The van der Waals surface area contributed by atoms with Gasteiger partial charge in [-0.05, 0) is 6.08 Å². The largest absolute Gasteiger partial charge is 0.480 e. The van der Waals surface area contributed by atoms with E-state index in [1.807, 2.05) is 0 Å². The third kappa shape index (κ3) is 3.50. The summed E-state index contributed by atoms with van der Waals surface area (Å²) < 4.78 is 0. The number of nitrogens with one attached hydrogen (secondary N) is 2. The second-order valence-electron chi connectivity index (χ2n) is 3.38. The van der Waals surface area contributed by atoms with Gasteiger partial charge in [-0.2, -0.15) is 12.6 Å². The summed E-state index contributed by atoms with van der Waals surface area (Å²) in [6.45, 7) is 0. The Morgan fingerprint density at radius 3 is 2.76 bits per heavy atom. The molecular weight excluding hydrogens is 242 g/mol. The first kappa shape index (κ1) is 13.6. The lowest BCUT2D eigenvalue weighted by Gasteiger charge is -2.28. The molecule has 0 fully saturated rings. The average Bonchev–Trinajstić information content (AvgIpc) is 2.35. The summed E-state index contributed by atoms with van der Waals surface area (Å²) in [5, 5.41) is 12.8. The number of carbonyl (C=O) groups is 2. The van der Waals surface area contributed by atoms with Crippen LogP contribution in [0.5, 0.6) is 0 Å². The third-order valence-electron chi connectivity index (χ3n) is 2.27. The number of nitrogens with zero attached hydrogens (tertiary/aromatic N) is 1. The molecule has 17 heavy (non-hydrogen) atoms. The average molecular weight is 257 g/mol. The summed E-state index contributed by atoms with van der Waals surface area (Å²) >= 11 is 3.88. The van der Waals surface area contributed by atoms with E-state index in [-0.39, 0.29) is 11.7 Å². The van der Waals surface area contributed by atoms with Crippen molar-refractivity contribution in [2.24, 2.45) is 0 Å². The molecule has 1 rings (SSSR count). The van der Waals surface area contributed by atoms with Gasteiger partial charge in [-0.25, -0.2) is 10.2 Å². The molecule has 6 nitrogen and oxygen atoms in total. The van der Waals surface area contributed by atoms with Crippen LogP contribution in [0.4, 0.5) is 0 Å². The minimum absolute atomic E-state index is 0.0485. The van der Waals surface area contributed by atoms with E-state index in [2.05, 4.69) is 23.4 Å². The molecule has 94 valence electrons. The molecule has 0 aliphatic carbocycles. The van der Waals surface area contributed by atoms with E-state index in [9.17, 15) is 9.59 Å². The highest BCUT2D eigenvalue weighted by molar-refractivity contribution is 7.80. The zero-order valence-electron chi connectivity index (χ0n) is 9.33. The number of rotatable bonds is 5. The monoisotopic (exact) mass is 257 g/mol. The summed E-state index contributed by atoms with van der Waals surface area (Å²) in [6.07, 6.45) is 6.87. The van der Waals surface area contributed by atoms with Gasteiger partial charge in [0.15, 0.2) is 0 Å². The van der Waals surface area contributed by atoms with E-state index in [0.717, 1.165) is 0 Å². The van der Waals surface area contributed by atoms with Gasteiger partial charge in [-0.15, -0.1) is 0 Å². The van der Waals surface area contributed by atoms with Crippen LogP contribution in [0, 0.1) is 0 Å². The van der Waals surface area contributed by atoms with Crippen LogP contribution < -0.4 is 10.7 Å². The van der Waals surface area contributed by atoms with Gasteiger partial charge in [0.25, 0.3) is 0 Å².